The summed E-state index contributed by atoms with van der Waals surface area (Å²) in [5.41, 5.74) is 4.89. The van der Waals surface area contributed by atoms with E-state index >= 15 is 0 Å². The second-order valence-corrected chi connectivity index (χ2v) is 5.38. The Bertz CT molecular complexity index is 800. The second kappa shape index (κ2) is 9.26. The smallest absolute Gasteiger partial charge is 0.416 e. The molecule has 0 saturated carbocycles. The van der Waals surface area contributed by atoms with Gasteiger partial charge in [0.05, 0.1) is 24.2 Å². The molecule has 0 aromatic heterocycles. The molecular weight excluding hydrogens is 489 g/mol. The maximum Gasteiger partial charge on any atom is 0.416 e. The zero-order chi connectivity index (χ0) is 18.6. The summed E-state index contributed by atoms with van der Waals surface area (Å²) < 4.78 is 56.9. The van der Waals surface area contributed by atoms with Crippen LogP contribution in [0.4, 0.5) is 23.2 Å². The van der Waals surface area contributed by atoms with Crippen molar-refractivity contribution >= 4 is 47.2 Å². The van der Waals surface area contributed by atoms with Gasteiger partial charge in [-0.05, 0) is 35.9 Å². The number of anilines is 1. The molecule has 10 heteroatoms. The Hall–Kier alpha value is -1.75. The predicted octanol–water partition coefficient (Wildman–Crippen LogP) is 5.05. The Labute approximate surface area is 169 Å². The number of benzene rings is 2. The third kappa shape index (κ3) is 5.90. The summed E-state index contributed by atoms with van der Waals surface area (Å²) in [6.07, 6.45) is -4.68. The van der Waals surface area contributed by atoms with E-state index in [9.17, 15) is 17.6 Å². The van der Waals surface area contributed by atoms with Gasteiger partial charge in [-0.2, -0.15) is 13.2 Å². The molecule has 0 bridgehead atoms. The van der Waals surface area contributed by atoms with Crippen molar-refractivity contribution in [1.82, 2.24) is 0 Å². The molecule has 0 unspecified atom stereocenters. The molecule has 2 aromatic carbocycles. The number of alkyl halides is 3. The van der Waals surface area contributed by atoms with Gasteiger partial charge in [0, 0.05) is 5.69 Å². The molecular formula is C16H15ClF4IN3O. The molecule has 2 rings (SSSR count). The number of hydrogen-bond donors (Lipinski definition) is 2. The van der Waals surface area contributed by atoms with Crippen molar-refractivity contribution in [3.05, 3.63) is 58.4 Å². The molecule has 0 spiro atoms. The SMILES string of the molecule is COc1ccc(NC(N)=NCc2ccc(F)cc2C(F)(F)F)cc1Cl.I. The first kappa shape index (κ1) is 22.3. The zero-order valence-electron chi connectivity index (χ0n) is 13.4. The van der Waals surface area contributed by atoms with Gasteiger partial charge in [0.15, 0.2) is 5.96 Å². The topological polar surface area (TPSA) is 59.6 Å². The van der Waals surface area contributed by atoms with E-state index in [0.717, 1.165) is 12.1 Å². The van der Waals surface area contributed by atoms with E-state index < -0.39 is 17.6 Å². The van der Waals surface area contributed by atoms with Crippen LogP contribution in [0.15, 0.2) is 41.4 Å². The third-order valence-electron chi connectivity index (χ3n) is 3.22. The van der Waals surface area contributed by atoms with Gasteiger partial charge in [-0.25, -0.2) is 9.38 Å². The van der Waals surface area contributed by atoms with E-state index in [2.05, 4.69) is 10.3 Å². The molecule has 142 valence electrons. The van der Waals surface area contributed by atoms with E-state index in [1.807, 2.05) is 0 Å². The second-order valence-electron chi connectivity index (χ2n) is 4.98. The fraction of sp³-hybridized carbons (Fsp3) is 0.188. The summed E-state index contributed by atoms with van der Waals surface area (Å²) >= 11 is 5.97. The number of aliphatic imine (C=N–C) groups is 1. The van der Waals surface area contributed by atoms with E-state index in [1.165, 1.54) is 13.2 Å². The molecule has 0 fully saturated rings. The van der Waals surface area contributed by atoms with Crippen molar-refractivity contribution < 1.29 is 22.3 Å². The van der Waals surface area contributed by atoms with Crippen molar-refractivity contribution in [3.8, 4) is 5.75 Å². The van der Waals surface area contributed by atoms with Gasteiger partial charge in [0.1, 0.15) is 11.6 Å². The van der Waals surface area contributed by atoms with Gasteiger partial charge >= 0.3 is 6.18 Å². The summed E-state index contributed by atoms with van der Waals surface area (Å²) in [6.45, 7) is -0.363. The van der Waals surface area contributed by atoms with Crippen LogP contribution in [-0.2, 0) is 12.7 Å². The third-order valence-corrected chi connectivity index (χ3v) is 3.52. The number of ether oxygens (including phenoxy) is 1. The van der Waals surface area contributed by atoms with Crippen molar-refractivity contribution in [2.24, 2.45) is 10.7 Å². The lowest BCUT2D eigenvalue weighted by Gasteiger charge is -2.12. The first-order chi connectivity index (χ1) is 11.7. The lowest BCUT2D eigenvalue weighted by Crippen LogP contribution is -2.22. The number of nitrogens with two attached hydrogens (primary N) is 1. The van der Waals surface area contributed by atoms with Crippen LogP contribution < -0.4 is 15.8 Å². The van der Waals surface area contributed by atoms with E-state index in [1.54, 1.807) is 12.1 Å². The van der Waals surface area contributed by atoms with Gasteiger partial charge in [-0.15, -0.1) is 24.0 Å². The molecule has 0 atom stereocenters. The molecule has 0 saturated heterocycles. The standard InChI is InChI=1S/C16H14ClF4N3O.HI/c1-25-14-5-4-11(7-13(14)17)24-15(22)23-8-9-2-3-10(18)6-12(9)16(19,20)21;/h2-7H,8H2,1H3,(H3,22,23,24);1H. The fourth-order valence-electron chi connectivity index (χ4n) is 2.05. The molecule has 2 aromatic rings. The predicted molar refractivity (Wildman–Crippen MR) is 104 cm³/mol. The molecule has 3 N–H and O–H groups in total. The number of guanidine groups is 1. The molecule has 4 nitrogen and oxygen atoms in total. The van der Waals surface area contributed by atoms with Crippen molar-refractivity contribution in [3.63, 3.8) is 0 Å². The largest absolute Gasteiger partial charge is 0.495 e. The number of methoxy groups -OCH3 is 1. The number of nitrogens with one attached hydrogen (secondary N) is 1. The monoisotopic (exact) mass is 503 g/mol. The summed E-state index contributed by atoms with van der Waals surface area (Å²) in [6, 6.07) is 7.14. The first-order valence-corrected chi connectivity index (χ1v) is 7.34. The number of rotatable bonds is 4. The van der Waals surface area contributed by atoms with Crippen LogP contribution in [0.5, 0.6) is 5.75 Å². The van der Waals surface area contributed by atoms with Crippen LogP contribution in [0.2, 0.25) is 5.02 Å². The Morgan fingerprint density at radius 1 is 1.23 bits per heavy atom. The average molecular weight is 504 g/mol. The van der Waals surface area contributed by atoms with E-state index in [4.69, 9.17) is 22.1 Å². The number of halogens is 6. The summed E-state index contributed by atoms with van der Waals surface area (Å²) in [5.74, 6) is -0.624. The summed E-state index contributed by atoms with van der Waals surface area (Å²) in [4.78, 5) is 3.85. The van der Waals surface area contributed by atoms with Gasteiger partial charge < -0.3 is 15.8 Å². The summed E-state index contributed by atoms with van der Waals surface area (Å²) in [5, 5.41) is 3.04. The van der Waals surface area contributed by atoms with Gasteiger partial charge in [-0.1, -0.05) is 17.7 Å². The number of hydrogen-bond acceptors (Lipinski definition) is 2. The molecule has 26 heavy (non-hydrogen) atoms. The minimum atomic E-state index is -4.68. The summed E-state index contributed by atoms with van der Waals surface area (Å²) in [7, 11) is 1.46. The highest BCUT2D eigenvalue weighted by Crippen LogP contribution is 2.33. The quantitative estimate of drug-likeness (QED) is 0.266. The molecule has 0 radical (unpaired) electrons. The highest BCUT2D eigenvalue weighted by atomic mass is 127. The minimum Gasteiger partial charge on any atom is -0.495 e. The van der Waals surface area contributed by atoms with Crippen LogP contribution >= 0.6 is 35.6 Å². The maximum atomic E-state index is 13.1. The highest BCUT2D eigenvalue weighted by molar-refractivity contribution is 14.0. The Morgan fingerprint density at radius 2 is 1.92 bits per heavy atom. The Kier molecular flexibility index (Phi) is 7.94. The lowest BCUT2D eigenvalue weighted by molar-refractivity contribution is -0.138. The molecule has 0 amide bonds. The van der Waals surface area contributed by atoms with E-state index in [0.29, 0.717) is 22.5 Å². The van der Waals surface area contributed by atoms with Crippen LogP contribution in [0.3, 0.4) is 0 Å². The Balaban J connectivity index is 0.00000338. The van der Waals surface area contributed by atoms with Crippen LogP contribution in [0.1, 0.15) is 11.1 Å². The van der Waals surface area contributed by atoms with Gasteiger partial charge in [-0.3, -0.25) is 0 Å². The highest BCUT2D eigenvalue weighted by Gasteiger charge is 2.33. The number of nitrogens with zero attached hydrogens (tertiary/aromatic N) is 1. The normalized spacial score (nSPS) is 11.7. The van der Waals surface area contributed by atoms with Gasteiger partial charge in [0.25, 0.3) is 0 Å². The first-order valence-electron chi connectivity index (χ1n) is 6.97. The minimum absolute atomic E-state index is 0. The molecule has 0 heterocycles. The van der Waals surface area contributed by atoms with Crippen molar-refractivity contribution in [2.75, 3.05) is 12.4 Å². The van der Waals surface area contributed by atoms with Crippen molar-refractivity contribution in [1.29, 1.82) is 0 Å². The zero-order valence-corrected chi connectivity index (χ0v) is 16.5. The van der Waals surface area contributed by atoms with Crippen LogP contribution in [0, 0.1) is 5.82 Å². The van der Waals surface area contributed by atoms with Crippen LogP contribution in [-0.4, -0.2) is 13.1 Å². The molecule has 0 aliphatic rings. The van der Waals surface area contributed by atoms with Crippen LogP contribution in [0.25, 0.3) is 0 Å². The fourth-order valence-corrected chi connectivity index (χ4v) is 2.31. The maximum absolute atomic E-state index is 13.1. The lowest BCUT2D eigenvalue weighted by atomic mass is 10.1. The molecule has 0 aliphatic carbocycles. The average Bonchev–Trinajstić information content (AvgIpc) is 2.53. The Morgan fingerprint density at radius 3 is 2.50 bits per heavy atom. The van der Waals surface area contributed by atoms with E-state index in [-0.39, 0.29) is 42.0 Å². The molecule has 0 aliphatic heterocycles. The van der Waals surface area contributed by atoms with Gasteiger partial charge in [0.2, 0.25) is 0 Å². The van der Waals surface area contributed by atoms with Crippen molar-refractivity contribution in [2.45, 2.75) is 12.7 Å².